The lowest BCUT2D eigenvalue weighted by Gasteiger charge is -2.12. The van der Waals surface area contributed by atoms with Gasteiger partial charge in [-0.15, -0.1) is 13.2 Å². The molecule has 1 heterocycles. The average Bonchev–Trinajstić information content (AvgIpc) is 2.96. The van der Waals surface area contributed by atoms with Crippen LogP contribution in [0.5, 0.6) is 0 Å². The highest BCUT2D eigenvalue weighted by Gasteiger charge is 2.32. The van der Waals surface area contributed by atoms with Crippen molar-refractivity contribution in [2.45, 2.75) is 6.92 Å². The zero-order valence-electron chi connectivity index (χ0n) is 15.5. The number of esters is 1. The van der Waals surface area contributed by atoms with Crippen LogP contribution in [0.15, 0.2) is 65.5 Å². The summed E-state index contributed by atoms with van der Waals surface area (Å²) in [4.78, 5) is 42.4. The number of amides is 2. The van der Waals surface area contributed by atoms with E-state index in [1.807, 2.05) is 0 Å². The molecule has 28 heavy (non-hydrogen) atoms. The van der Waals surface area contributed by atoms with Crippen LogP contribution in [0, 0.1) is 0 Å². The summed E-state index contributed by atoms with van der Waals surface area (Å²) in [6, 6.07) is 6.30. The fourth-order valence-electron chi connectivity index (χ4n) is 2.26. The van der Waals surface area contributed by atoms with Crippen molar-refractivity contribution in [3.05, 3.63) is 66.1 Å². The molecule has 0 atom stereocenters. The molecule has 1 fully saturated rings. The van der Waals surface area contributed by atoms with Crippen molar-refractivity contribution in [2.24, 2.45) is 4.99 Å². The van der Waals surface area contributed by atoms with Gasteiger partial charge in [0.05, 0.1) is 23.6 Å². The summed E-state index contributed by atoms with van der Waals surface area (Å²) in [5.74, 6) is -1.19. The van der Waals surface area contributed by atoms with E-state index >= 15 is 0 Å². The molecule has 0 bridgehead atoms. The Labute approximate surface area is 167 Å². The summed E-state index contributed by atoms with van der Waals surface area (Å²) in [7, 11) is 0. The van der Waals surface area contributed by atoms with E-state index in [0.717, 1.165) is 11.8 Å². The van der Waals surface area contributed by atoms with Crippen LogP contribution < -0.4 is 5.32 Å². The molecular weight excluding hydrogens is 378 g/mol. The number of carbonyl (C=O) groups is 3. The smallest absolute Gasteiger partial charge is 0.338 e. The molecule has 1 aliphatic rings. The minimum absolute atomic E-state index is 0.269. The van der Waals surface area contributed by atoms with Gasteiger partial charge in [0.25, 0.3) is 5.91 Å². The molecule has 7 nitrogen and oxygen atoms in total. The van der Waals surface area contributed by atoms with Crippen molar-refractivity contribution >= 4 is 40.4 Å². The Kier molecular flexibility index (Phi) is 7.76. The molecule has 0 saturated carbocycles. The number of aliphatic imine (C=N–C) groups is 1. The Bertz CT molecular complexity index is 844. The van der Waals surface area contributed by atoms with E-state index in [2.05, 4.69) is 23.5 Å². The molecule has 2 rings (SSSR count). The Hall–Kier alpha value is -3.13. The van der Waals surface area contributed by atoms with Gasteiger partial charge >= 0.3 is 5.97 Å². The van der Waals surface area contributed by atoms with E-state index in [1.165, 1.54) is 11.0 Å². The highest BCUT2D eigenvalue weighted by molar-refractivity contribution is 8.18. The molecule has 1 N–H and O–H groups in total. The van der Waals surface area contributed by atoms with Crippen LogP contribution in [0.1, 0.15) is 17.3 Å². The van der Waals surface area contributed by atoms with Crippen LogP contribution in [-0.4, -0.2) is 47.5 Å². The average molecular weight is 399 g/mol. The first-order valence-electron chi connectivity index (χ1n) is 8.56. The monoisotopic (exact) mass is 399 g/mol. The van der Waals surface area contributed by atoms with Crippen molar-refractivity contribution in [1.29, 1.82) is 0 Å². The van der Waals surface area contributed by atoms with Crippen LogP contribution in [0.25, 0.3) is 0 Å². The maximum Gasteiger partial charge on any atom is 0.338 e. The van der Waals surface area contributed by atoms with Gasteiger partial charge in [-0.05, 0) is 43.0 Å². The Morgan fingerprint density at radius 1 is 1.25 bits per heavy atom. The number of nitrogens with zero attached hydrogens (tertiary/aromatic N) is 2. The van der Waals surface area contributed by atoms with Crippen molar-refractivity contribution in [3.8, 4) is 0 Å². The third-order valence-corrected chi connectivity index (χ3v) is 4.53. The number of hydrogen-bond donors (Lipinski definition) is 1. The van der Waals surface area contributed by atoms with Gasteiger partial charge in [0.15, 0.2) is 5.17 Å². The zero-order valence-corrected chi connectivity index (χ0v) is 16.3. The normalized spacial score (nSPS) is 16.3. The molecule has 0 aromatic heterocycles. The van der Waals surface area contributed by atoms with Crippen LogP contribution in [0.3, 0.4) is 0 Å². The molecular formula is C20H21N3O4S. The number of rotatable bonds is 8. The Balaban J connectivity index is 2.09. The number of nitrogens with one attached hydrogen (secondary N) is 1. The zero-order chi connectivity index (χ0) is 20.5. The van der Waals surface area contributed by atoms with Gasteiger partial charge in [-0.25, -0.2) is 4.79 Å². The predicted molar refractivity (Wildman–Crippen MR) is 111 cm³/mol. The van der Waals surface area contributed by atoms with Crippen LogP contribution in [-0.2, 0) is 14.3 Å². The predicted octanol–water partition coefficient (Wildman–Crippen LogP) is 2.99. The van der Waals surface area contributed by atoms with E-state index in [9.17, 15) is 14.4 Å². The molecule has 1 saturated heterocycles. The van der Waals surface area contributed by atoms with Gasteiger partial charge in [0, 0.05) is 18.3 Å². The first-order valence-corrected chi connectivity index (χ1v) is 9.37. The Morgan fingerprint density at radius 3 is 2.57 bits per heavy atom. The first kappa shape index (κ1) is 21.2. The van der Waals surface area contributed by atoms with Gasteiger partial charge in [-0.1, -0.05) is 12.2 Å². The summed E-state index contributed by atoms with van der Waals surface area (Å²) in [5.41, 5.74) is 0.886. The summed E-state index contributed by atoms with van der Waals surface area (Å²) in [6.45, 7) is 9.93. The highest BCUT2D eigenvalue weighted by atomic mass is 32.2. The van der Waals surface area contributed by atoms with Gasteiger partial charge < -0.3 is 10.1 Å². The van der Waals surface area contributed by atoms with Gasteiger partial charge in [0.1, 0.15) is 0 Å². The third-order valence-electron chi connectivity index (χ3n) is 3.48. The topological polar surface area (TPSA) is 88.1 Å². The summed E-state index contributed by atoms with van der Waals surface area (Å²) >= 11 is 1.13. The van der Waals surface area contributed by atoms with Crippen molar-refractivity contribution in [3.63, 3.8) is 0 Å². The SMILES string of the molecule is C=CCN=C1S/C(=C\C(=O)Nc2ccc(C(=O)OCC)cc2)C(=O)N1CC=C. The molecule has 1 aromatic carbocycles. The van der Waals surface area contributed by atoms with E-state index in [4.69, 9.17) is 4.74 Å². The van der Waals surface area contributed by atoms with E-state index in [-0.39, 0.29) is 17.4 Å². The maximum atomic E-state index is 12.5. The number of carbonyl (C=O) groups excluding carboxylic acids is 3. The largest absolute Gasteiger partial charge is 0.462 e. The molecule has 0 unspecified atom stereocenters. The number of anilines is 1. The maximum absolute atomic E-state index is 12.5. The molecule has 1 aromatic rings. The van der Waals surface area contributed by atoms with Crippen LogP contribution in [0.4, 0.5) is 5.69 Å². The van der Waals surface area contributed by atoms with Gasteiger partial charge in [0.2, 0.25) is 5.91 Å². The van der Waals surface area contributed by atoms with Crippen LogP contribution in [0.2, 0.25) is 0 Å². The van der Waals surface area contributed by atoms with Crippen LogP contribution >= 0.6 is 11.8 Å². The molecule has 0 spiro atoms. The second-order valence-corrected chi connectivity index (χ2v) is 6.52. The van der Waals surface area contributed by atoms with E-state index < -0.39 is 11.9 Å². The fraction of sp³-hybridized carbons (Fsp3) is 0.200. The summed E-state index contributed by atoms with van der Waals surface area (Å²) in [6.07, 6.45) is 4.45. The molecule has 146 valence electrons. The quantitative estimate of drug-likeness (QED) is 0.412. The standard InChI is InChI=1S/C20H21N3O4S/c1-4-11-21-20-23(12-5-2)18(25)16(28-20)13-17(24)22-15-9-7-14(8-10-15)19(26)27-6-3/h4-5,7-10,13H,1-2,6,11-12H2,3H3,(H,22,24)/b16-13-,21-20?. The van der Waals surface area contributed by atoms with Gasteiger partial charge in [-0.3, -0.25) is 19.5 Å². The molecule has 0 aliphatic carbocycles. The lowest BCUT2D eigenvalue weighted by Crippen LogP contribution is -2.29. The molecule has 0 radical (unpaired) electrons. The number of thioether (sulfide) groups is 1. The highest BCUT2D eigenvalue weighted by Crippen LogP contribution is 2.30. The van der Waals surface area contributed by atoms with Crippen molar-refractivity contribution in [1.82, 2.24) is 4.90 Å². The minimum atomic E-state index is -0.455. The summed E-state index contributed by atoms with van der Waals surface area (Å²) < 4.78 is 4.91. The second kappa shape index (κ2) is 10.3. The summed E-state index contributed by atoms with van der Waals surface area (Å²) in [5, 5.41) is 3.17. The van der Waals surface area contributed by atoms with Crippen molar-refractivity contribution in [2.75, 3.05) is 25.0 Å². The fourth-order valence-corrected chi connectivity index (χ4v) is 3.23. The number of benzene rings is 1. The number of amidine groups is 1. The number of ether oxygens (including phenoxy) is 1. The molecule has 8 heteroatoms. The van der Waals surface area contributed by atoms with Gasteiger partial charge in [-0.2, -0.15) is 0 Å². The van der Waals surface area contributed by atoms with E-state index in [0.29, 0.717) is 29.5 Å². The second-order valence-electron chi connectivity index (χ2n) is 5.51. The van der Waals surface area contributed by atoms with E-state index in [1.54, 1.807) is 43.3 Å². The molecule has 1 aliphatic heterocycles. The lowest BCUT2D eigenvalue weighted by atomic mass is 10.2. The lowest BCUT2D eigenvalue weighted by molar-refractivity contribution is -0.122. The minimum Gasteiger partial charge on any atom is -0.462 e. The third kappa shape index (κ3) is 5.43. The first-order chi connectivity index (χ1) is 13.5. The Morgan fingerprint density at radius 2 is 1.96 bits per heavy atom. The van der Waals surface area contributed by atoms with Crippen molar-refractivity contribution < 1.29 is 19.1 Å². The number of hydrogen-bond acceptors (Lipinski definition) is 6. The molecule has 2 amide bonds.